The first-order chi connectivity index (χ1) is 14.0. The summed E-state index contributed by atoms with van der Waals surface area (Å²) in [7, 11) is -3.40. The predicted molar refractivity (Wildman–Crippen MR) is 114 cm³/mol. The molecule has 1 amide bonds. The van der Waals surface area contributed by atoms with Gasteiger partial charge in [0.1, 0.15) is 0 Å². The van der Waals surface area contributed by atoms with Crippen molar-refractivity contribution in [2.24, 2.45) is 0 Å². The second kappa shape index (κ2) is 7.95. The molecule has 0 saturated carbocycles. The largest absolute Gasteiger partial charge is 0.343 e. The number of amides is 1. The summed E-state index contributed by atoms with van der Waals surface area (Å²) in [6, 6.07) is 17.1. The van der Waals surface area contributed by atoms with Crippen molar-refractivity contribution in [2.45, 2.75) is 36.3 Å². The maximum absolute atomic E-state index is 13.0. The van der Waals surface area contributed by atoms with E-state index in [1.165, 1.54) is 0 Å². The van der Waals surface area contributed by atoms with Crippen LogP contribution in [0.25, 0.3) is 22.0 Å². The minimum Gasteiger partial charge on any atom is -0.343 e. The average Bonchev–Trinajstić information content (AvgIpc) is 2.78. The third-order valence-corrected chi connectivity index (χ3v) is 7.94. The zero-order valence-electron chi connectivity index (χ0n) is 16.4. The van der Waals surface area contributed by atoms with Crippen LogP contribution < -0.4 is 0 Å². The third kappa shape index (κ3) is 3.90. The van der Waals surface area contributed by atoms with E-state index in [9.17, 15) is 13.2 Å². The first-order valence-corrected chi connectivity index (χ1v) is 11.5. The minimum absolute atomic E-state index is 0.0927. The Kier molecular flexibility index (Phi) is 5.37. The summed E-state index contributed by atoms with van der Waals surface area (Å²) in [5, 5.41) is 0.641. The summed E-state index contributed by atoms with van der Waals surface area (Å²) in [5.41, 5.74) is 2.88. The number of carbonyl (C=O) groups excluding carboxylic acids is 1. The number of hydrogen-bond donors (Lipinski definition) is 0. The van der Waals surface area contributed by atoms with Crippen LogP contribution in [0.2, 0.25) is 0 Å². The van der Waals surface area contributed by atoms with Crippen molar-refractivity contribution in [1.29, 1.82) is 0 Å². The molecule has 0 N–H and O–H groups in total. The van der Waals surface area contributed by atoms with Crippen molar-refractivity contribution in [3.63, 3.8) is 0 Å². The number of sulfone groups is 1. The van der Waals surface area contributed by atoms with Gasteiger partial charge in [0.05, 0.1) is 15.7 Å². The van der Waals surface area contributed by atoms with Crippen molar-refractivity contribution < 1.29 is 13.2 Å². The van der Waals surface area contributed by atoms with Crippen molar-refractivity contribution in [2.75, 3.05) is 13.1 Å². The van der Waals surface area contributed by atoms with E-state index in [1.54, 1.807) is 23.2 Å². The number of benzene rings is 2. The fourth-order valence-corrected chi connectivity index (χ4v) is 5.65. The number of pyridine rings is 1. The summed E-state index contributed by atoms with van der Waals surface area (Å²) in [6.45, 7) is 2.86. The summed E-state index contributed by atoms with van der Waals surface area (Å²) in [4.78, 5) is 18.3. The number of aromatic nitrogens is 1. The standard InChI is InChI=1S/C23H24N2O3S/c1-2-23(26)25-14-11-21(12-15-25)29(27,28)20-9-7-17(8-10-20)19-6-5-18-4-3-13-24-22(18)16-19/h3-10,13,16,21H,2,11-12,14-15H2,1H3. The van der Waals surface area contributed by atoms with Gasteiger partial charge in [0.15, 0.2) is 9.84 Å². The van der Waals surface area contributed by atoms with Gasteiger partial charge in [-0.3, -0.25) is 9.78 Å². The summed E-state index contributed by atoms with van der Waals surface area (Å²) >= 11 is 0. The van der Waals surface area contributed by atoms with Crippen LogP contribution in [0.4, 0.5) is 0 Å². The maximum atomic E-state index is 13.0. The lowest BCUT2D eigenvalue weighted by Gasteiger charge is -2.31. The van der Waals surface area contributed by atoms with Gasteiger partial charge < -0.3 is 4.90 Å². The second-order valence-corrected chi connectivity index (χ2v) is 9.64. The third-order valence-electron chi connectivity index (χ3n) is 5.66. The van der Waals surface area contributed by atoms with Crippen molar-refractivity contribution in [1.82, 2.24) is 9.88 Å². The minimum atomic E-state index is -3.40. The Morgan fingerprint density at radius 3 is 2.41 bits per heavy atom. The van der Waals surface area contributed by atoms with Crippen molar-refractivity contribution in [3.05, 3.63) is 60.8 Å². The van der Waals surface area contributed by atoms with Gasteiger partial charge >= 0.3 is 0 Å². The van der Waals surface area contributed by atoms with Crippen LogP contribution in [0.5, 0.6) is 0 Å². The maximum Gasteiger partial charge on any atom is 0.222 e. The number of rotatable bonds is 4. The van der Waals surface area contributed by atoms with Gasteiger partial charge in [-0.15, -0.1) is 0 Å². The fraction of sp³-hybridized carbons (Fsp3) is 0.304. The Hall–Kier alpha value is -2.73. The van der Waals surface area contributed by atoms with Crippen LogP contribution >= 0.6 is 0 Å². The molecule has 0 unspecified atom stereocenters. The molecule has 1 fully saturated rings. The monoisotopic (exact) mass is 408 g/mol. The lowest BCUT2D eigenvalue weighted by Crippen LogP contribution is -2.42. The quantitative estimate of drug-likeness (QED) is 0.652. The first-order valence-electron chi connectivity index (χ1n) is 9.96. The highest BCUT2D eigenvalue weighted by atomic mass is 32.2. The number of hydrogen-bond acceptors (Lipinski definition) is 4. The lowest BCUT2D eigenvalue weighted by atomic mass is 10.0. The lowest BCUT2D eigenvalue weighted by molar-refractivity contribution is -0.131. The average molecular weight is 409 g/mol. The fourth-order valence-electron chi connectivity index (χ4n) is 3.91. The molecule has 1 aromatic heterocycles. The second-order valence-electron chi connectivity index (χ2n) is 7.41. The molecule has 0 aliphatic carbocycles. The SMILES string of the molecule is CCC(=O)N1CCC(S(=O)(=O)c2ccc(-c3ccc4cccnc4c3)cc2)CC1. The Labute approximate surface area is 171 Å². The van der Waals surface area contributed by atoms with Crippen LogP contribution in [0.15, 0.2) is 65.7 Å². The van der Waals surface area contributed by atoms with Crippen molar-refractivity contribution in [3.8, 4) is 11.1 Å². The van der Waals surface area contributed by atoms with Crippen LogP contribution in [0, 0.1) is 0 Å². The molecule has 4 rings (SSSR count). The molecule has 1 aliphatic rings. The van der Waals surface area contributed by atoms with Gasteiger partial charge in [0.2, 0.25) is 5.91 Å². The number of likely N-dealkylation sites (tertiary alicyclic amines) is 1. The van der Waals surface area contributed by atoms with Crippen LogP contribution in [0.1, 0.15) is 26.2 Å². The zero-order valence-corrected chi connectivity index (χ0v) is 17.2. The van der Waals surface area contributed by atoms with E-state index >= 15 is 0 Å². The van der Waals surface area contributed by atoms with E-state index < -0.39 is 15.1 Å². The number of carbonyl (C=O) groups is 1. The normalized spacial score (nSPS) is 15.6. The highest BCUT2D eigenvalue weighted by molar-refractivity contribution is 7.92. The molecule has 29 heavy (non-hydrogen) atoms. The number of fused-ring (bicyclic) bond motifs is 1. The van der Waals surface area contributed by atoms with E-state index in [2.05, 4.69) is 4.98 Å². The molecule has 0 bridgehead atoms. The summed E-state index contributed by atoms with van der Waals surface area (Å²) in [6.07, 6.45) is 3.21. The predicted octanol–water partition coefficient (Wildman–Crippen LogP) is 4.08. The first kappa shape index (κ1) is 19.6. The molecule has 0 radical (unpaired) electrons. The highest BCUT2D eigenvalue weighted by Crippen LogP contribution is 2.28. The van der Waals surface area contributed by atoms with Gasteiger partial charge in [-0.1, -0.05) is 37.3 Å². The van der Waals surface area contributed by atoms with E-state index in [4.69, 9.17) is 0 Å². The molecule has 2 aromatic carbocycles. The van der Waals surface area contributed by atoms with Crippen LogP contribution in [-0.2, 0) is 14.6 Å². The van der Waals surface area contributed by atoms with Gasteiger partial charge in [0.25, 0.3) is 0 Å². The molecule has 6 heteroatoms. The number of piperidine rings is 1. The van der Waals surface area contributed by atoms with E-state index in [0.29, 0.717) is 37.2 Å². The summed E-state index contributed by atoms with van der Waals surface area (Å²) in [5.74, 6) is 0.0927. The van der Waals surface area contributed by atoms with Gasteiger partial charge in [-0.2, -0.15) is 0 Å². The Bertz CT molecular complexity index is 1130. The van der Waals surface area contributed by atoms with Gasteiger partial charge in [-0.05, 0) is 48.2 Å². The van der Waals surface area contributed by atoms with Crippen LogP contribution in [-0.4, -0.2) is 42.5 Å². The Balaban J connectivity index is 1.53. The molecular weight excluding hydrogens is 384 g/mol. The molecule has 3 aromatic rings. The molecule has 1 saturated heterocycles. The topological polar surface area (TPSA) is 67.3 Å². The summed E-state index contributed by atoms with van der Waals surface area (Å²) < 4.78 is 26.1. The van der Waals surface area contributed by atoms with E-state index in [1.807, 2.05) is 49.4 Å². The Morgan fingerprint density at radius 1 is 1.03 bits per heavy atom. The zero-order chi connectivity index (χ0) is 20.4. The van der Waals surface area contributed by atoms with E-state index in [0.717, 1.165) is 22.0 Å². The highest BCUT2D eigenvalue weighted by Gasteiger charge is 2.32. The molecule has 5 nitrogen and oxygen atoms in total. The molecule has 1 aliphatic heterocycles. The molecule has 150 valence electrons. The van der Waals surface area contributed by atoms with Crippen LogP contribution in [0.3, 0.4) is 0 Å². The van der Waals surface area contributed by atoms with Gasteiger partial charge in [-0.25, -0.2) is 8.42 Å². The number of nitrogens with zero attached hydrogens (tertiary/aromatic N) is 2. The molecular formula is C23H24N2O3S. The molecule has 0 spiro atoms. The van der Waals surface area contributed by atoms with Crippen molar-refractivity contribution >= 4 is 26.6 Å². The molecule has 0 atom stereocenters. The van der Waals surface area contributed by atoms with E-state index in [-0.39, 0.29) is 5.91 Å². The Morgan fingerprint density at radius 2 is 1.72 bits per heavy atom. The molecule has 2 heterocycles. The van der Waals surface area contributed by atoms with Gasteiger partial charge in [0, 0.05) is 31.1 Å². The smallest absolute Gasteiger partial charge is 0.222 e.